The molecule has 0 heterocycles. The molecule has 0 fully saturated rings. The number of rotatable bonds is 2. The minimum Gasteiger partial charge on any atom is -0.855 e. The number of hydrogen-bond donors (Lipinski definition) is 0. The monoisotopic (exact) mass is 96.0 g/mol. The maximum absolute atomic E-state index is 9.49. The van der Waals surface area contributed by atoms with Gasteiger partial charge in [-0.1, -0.05) is 6.42 Å². The molecule has 0 N–H and O–H groups in total. The second-order valence-corrected chi connectivity index (χ2v) is 0.911. The van der Waals surface area contributed by atoms with Crippen LogP contribution in [0.15, 0.2) is 0 Å². The van der Waals surface area contributed by atoms with E-state index in [4.69, 9.17) is 0 Å². The van der Waals surface area contributed by atoms with E-state index in [0.717, 1.165) is 12.8 Å². The van der Waals surface area contributed by atoms with Gasteiger partial charge in [-0.05, 0) is 0 Å². The van der Waals surface area contributed by atoms with Crippen molar-refractivity contribution in [1.82, 2.24) is 0 Å². The van der Waals surface area contributed by atoms with Gasteiger partial charge in [0.1, 0.15) is 0 Å². The molecule has 0 rings (SSSR count). The van der Waals surface area contributed by atoms with Crippen molar-refractivity contribution in [2.24, 2.45) is 0 Å². The van der Waals surface area contributed by atoms with Gasteiger partial charge in [-0.2, -0.15) is 6.42 Å². The van der Waals surface area contributed by atoms with Crippen molar-refractivity contribution in [1.29, 1.82) is 0 Å². The van der Waals surface area contributed by atoms with Crippen LogP contribution < -0.4 is 5.11 Å². The second-order valence-electron chi connectivity index (χ2n) is 0.911. The topological polar surface area (TPSA) is 23.1 Å². The van der Waals surface area contributed by atoms with Gasteiger partial charge in [-0.3, -0.25) is 0 Å². The van der Waals surface area contributed by atoms with Crippen molar-refractivity contribution in [3.05, 3.63) is 6.92 Å². The van der Waals surface area contributed by atoms with Crippen LogP contribution in [0.5, 0.6) is 0 Å². The summed E-state index contributed by atoms with van der Waals surface area (Å²) in [6.45, 7) is 3.51. The van der Waals surface area contributed by atoms with Crippen LogP contribution in [0.4, 0.5) is 0 Å². The van der Waals surface area contributed by atoms with E-state index >= 15 is 0 Å². The van der Waals surface area contributed by atoms with Crippen LogP contribution in [-0.2, 0) is 0 Å². The SMILES string of the molecule is [CH2-]CCC[O-].[Mg+2]. The average Bonchev–Trinajstić information content (AvgIpc) is 1.41. The molecule has 1 nitrogen and oxygen atoms in total. The van der Waals surface area contributed by atoms with Gasteiger partial charge in [0.05, 0.1) is 0 Å². The van der Waals surface area contributed by atoms with Gasteiger partial charge in [-0.25, -0.2) is 0 Å². The molecule has 0 saturated heterocycles. The quantitative estimate of drug-likeness (QED) is 0.338. The van der Waals surface area contributed by atoms with Gasteiger partial charge in [0, 0.05) is 0 Å². The van der Waals surface area contributed by atoms with Crippen LogP contribution >= 0.6 is 0 Å². The Morgan fingerprint density at radius 2 is 2.00 bits per heavy atom. The van der Waals surface area contributed by atoms with Gasteiger partial charge in [0.2, 0.25) is 0 Å². The molecule has 0 amide bonds. The minimum absolute atomic E-state index is 0. The Morgan fingerprint density at radius 3 is 2.00 bits per heavy atom. The molecule has 0 aromatic carbocycles. The van der Waals surface area contributed by atoms with Crippen molar-refractivity contribution >= 4 is 23.1 Å². The third-order valence-electron chi connectivity index (χ3n) is 0.394. The Bertz CT molecular complexity index is 15.0. The molecule has 2 heteroatoms. The molecule has 0 aliphatic carbocycles. The van der Waals surface area contributed by atoms with Gasteiger partial charge < -0.3 is 12.0 Å². The first-order valence-corrected chi connectivity index (χ1v) is 1.79. The summed E-state index contributed by atoms with van der Waals surface area (Å²) < 4.78 is 0. The molecular formula is C4H8MgO. The molecule has 6 heavy (non-hydrogen) atoms. The van der Waals surface area contributed by atoms with Crippen LogP contribution in [0.25, 0.3) is 0 Å². The van der Waals surface area contributed by atoms with E-state index in [1.807, 2.05) is 0 Å². The van der Waals surface area contributed by atoms with Gasteiger partial charge >= 0.3 is 23.1 Å². The van der Waals surface area contributed by atoms with Gasteiger partial charge in [-0.15, -0.1) is 6.61 Å². The van der Waals surface area contributed by atoms with Crippen molar-refractivity contribution in [3.63, 3.8) is 0 Å². The summed E-state index contributed by atoms with van der Waals surface area (Å²) in [6.07, 6.45) is 1.50. The zero-order valence-corrected chi connectivity index (χ0v) is 5.36. The van der Waals surface area contributed by atoms with Crippen molar-refractivity contribution in [2.45, 2.75) is 12.8 Å². The average molecular weight is 96.4 g/mol. The normalized spacial score (nSPS) is 7.00. The number of unbranched alkanes of at least 4 members (excludes halogenated alkanes) is 1. The maximum Gasteiger partial charge on any atom is 2.00 e. The Kier molecular flexibility index (Phi) is 15.2. The third kappa shape index (κ3) is 8.83. The summed E-state index contributed by atoms with van der Waals surface area (Å²) >= 11 is 0. The van der Waals surface area contributed by atoms with Crippen LogP contribution in [0, 0.1) is 6.92 Å². The van der Waals surface area contributed by atoms with E-state index in [2.05, 4.69) is 6.92 Å². The molecule has 0 aromatic rings. The molecule has 0 spiro atoms. The van der Waals surface area contributed by atoms with Crippen LogP contribution in [0.2, 0.25) is 0 Å². The fourth-order valence-corrected chi connectivity index (χ4v) is 0.102. The molecule has 0 saturated carbocycles. The fraction of sp³-hybridized carbons (Fsp3) is 0.750. The molecule has 0 unspecified atom stereocenters. The summed E-state index contributed by atoms with van der Waals surface area (Å²) in [5.41, 5.74) is 0. The minimum atomic E-state index is 0. The summed E-state index contributed by atoms with van der Waals surface area (Å²) in [5.74, 6) is 0. The van der Waals surface area contributed by atoms with Crippen molar-refractivity contribution in [3.8, 4) is 0 Å². The Labute approximate surface area is 54.9 Å². The molecule has 0 radical (unpaired) electrons. The standard InChI is InChI=1S/C4H8O.Mg/c1-2-3-4-5;/h1-4H2;/q-2;+2. The van der Waals surface area contributed by atoms with Crippen LogP contribution in [0.1, 0.15) is 12.8 Å². The van der Waals surface area contributed by atoms with E-state index in [1.54, 1.807) is 0 Å². The Morgan fingerprint density at radius 1 is 1.50 bits per heavy atom. The molecule has 0 aliphatic rings. The Hall–Kier alpha value is 0.726. The first-order valence-electron chi connectivity index (χ1n) is 1.79. The Balaban J connectivity index is 0. The summed E-state index contributed by atoms with van der Waals surface area (Å²) in [5, 5.41) is 9.49. The molecule has 0 atom stereocenters. The van der Waals surface area contributed by atoms with Crippen LogP contribution in [-0.4, -0.2) is 29.7 Å². The summed E-state index contributed by atoms with van der Waals surface area (Å²) in [7, 11) is 0. The van der Waals surface area contributed by atoms with Gasteiger partial charge in [0.25, 0.3) is 0 Å². The smallest absolute Gasteiger partial charge is 0.855 e. The zero-order chi connectivity index (χ0) is 4.12. The molecule has 0 aromatic heterocycles. The predicted octanol–water partition coefficient (Wildman–Crippen LogP) is -0.420. The van der Waals surface area contributed by atoms with E-state index < -0.39 is 0 Å². The zero-order valence-electron chi connectivity index (χ0n) is 3.94. The predicted molar refractivity (Wildman–Crippen MR) is 25.2 cm³/mol. The van der Waals surface area contributed by atoms with Gasteiger partial charge in [0.15, 0.2) is 0 Å². The summed E-state index contributed by atoms with van der Waals surface area (Å²) in [4.78, 5) is 0. The largest absolute Gasteiger partial charge is 2.00 e. The maximum atomic E-state index is 9.49. The third-order valence-corrected chi connectivity index (χ3v) is 0.394. The molecular weight excluding hydrogens is 88.3 g/mol. The van der Waals surface area contributed by atoms with E-state index in [0.29, 0.717) is 0 Å². The van der Waals surface area contributed by atoms with E-state index in [9.17, 15) is 5.11 Å². The molecule has 0 bridgehead atoms. The first-order chi connectivity index (χ1) is 2.41. The van der Waals surface area contributed by atoms with Crippen molar-refractivity contribution < 1.29 is 5.11 Å². The van der Waals surface area contributed by atoms with Crippen molar-refractivity contribution in [2.75, 3.05) is 6.61 Å². The fourth-order valence-electron chi connectivity index (χ4n) is 0.102. The summed E-state index contributed by atoms with van der Waals surface area (Å²) in [6, 6.07) is 0. The molecule has 0 aliphatic heterocycles. The molecule has 32 valence electrons. The first kappa shape index (κ1) is 9.87. The van der Waals surface area contributed by atoms with Crippen LogP contribution in [0.3, 0.4) is 0 Å². The van der Waals surface area contributed by atoms with E-state index in [1.165, 1.54) is 0 Å². The van der Waals surface area contributed by atoms with E-state index in [-0.39, 0.29) is 29.7 Å². The number of hydrogen-bond acceptors (Lipinski definition) is 1. The second kappa shape index (κ2) is 9.21.